The number of aliphatic carboxylic acids is 1. The van der Waals surface area contributed by atoms with Crippen LogP contribution in [0.4, 0.5) is 5.69 Å². The molecule has 0 spiro atoms. The molecule has 6 heteroatoms. The van der Waals surface area contributed by atoms with Gasteiger partial charge in [-0.1, -0.05) is 6.92 Å². The molecule has 4 N–H and O–H groups in total. The number of carbonyl (C=O) groups is 1. The lowest BCUT2D eigenvalue weighted by Crippen LogP contribution is -2.44. The lowest BCUT2D eigenvalue weighted by atomic mass is 10.2. The second-order valence-electron chi connectivity index (χ2n) is 4.39. The lowest BCUT2D eigenvalue weighted by Gasteiger charge is -2.05. The van der Waals surface area contributed by atoms with Crippen molar-refractivity contribution in [2.45, 2.75) is 13.3 Å². The molecule has 2 aliphatic rings. The third kappa shape index (κ3) is 3.76. The number of benzene rings is 2. The first-order chi connectivity index (χ1) is 9.99. The van der Waals surface area contributed by atoms with Gasteiger partial charge in [-0.2, -0.15) is 0 Å². The molecule has 1 heterocycles. The standard InChI is InChI=1S/C12H9N3S.C3H6O2/c13-7-1-3-9-11(5-7)16-12-6-8(14)2-4-10(12)15-9;1-2-3(4)5/h1-6,13H,14H2;2H2,1H3,(H,4,5). The number of aromatic nitrogens is 1. The van der Waals surface area contributed by atoms with Gasteiger partial charge in [-0.3, -0.25) is 5.41 Å². The average molecular weight is 301 g/mol. The minimum atomic E-state index is -0.995. The average Bonchev–Trinajstić information content (AvgIpc) is 2.45. The highest BCUT2D eigenvalue weighted by Gasteiger charge is 2.07. The highest BCUT2D eigenvalue weighted by atomic mass is 32.1. The molecule has 21 heavy (non-hydrogen) atoms. The van der Waals surface area contributed by atoms with Crippen LogP contribution >= 0.6 is 11.3 Å². The first kappa shape index (κ1) is 14.9. The Bertz CT molecular complexity index is 814. The van der Waals surface area contributed by atoms with Gasteiger partial charge >= 0.3 is 0 Å². The second-order valence-corrected chi connectivity index (χ2v) is 5.48. The Balaban J connectivity index is 0.000000282. The van der Waals surface area contributed by atoms with Crippen molar-refractivity contribution < 1.29 is 15.3 Å². The van der Waals surface area contributed by atoms with Crippen LogP contribution in [0.1, 0.15) is 13.3 Å². The first-order valence-corrected chi connectivity index (χ1v) is 7.19. The maximum Gasteiger partial charge on any atom is 0.198 e. The molecule has 0 aromatic heterocycles. The molecule has 1 aliphatic heterocycles. The van der Waals surface area contributed by atoms with E-state index in [9.17, 15) is 9.90 Å². The van der Waals surface area contributed by atoms with Gasteiger partial charge in [0.15, 0.2) is 5.36 Å². The van der Waals surface area contributed by atoms with Gasteiger partial charge in [0.2, 0.25) is 0 Å². The zero-order valence-corrected chi connectivity index (χ0v) is 12.3. The maximum absolute atomic E-state index is 9.26. The van der Waals surface area contributed by atoms with Crippen molar-refractivity contribution in [2.24, 2.45) is 0 Å². The normalized spacial score (nSPS) is 10.1. The fraction of sp³-hybridized carbons (Fsp3) is 0.133. The van der Waals surface area contributed by atoms with Gasteiger partial charge in [0.25, 0.3) is 0 Å². The topological polar surface area (TPSA) is 105 Å². The van der Waals surface area contributed by atoms with E-state index in [1.54, 1.807) is 11.3 Å². The number of hydrogen-bond donors (Lipinski definition) is 2. The number of carboxylic acids is 1. The third-order valence-electron chi connectivity index (χ3n) is 2.72. The van der Waals surface area contributed by atoms with Gasteiger partial charge < -0.3 is 15.6 Å². The maximum atomic E-state index is 9.26. The number of rotatable bonds is 1. The predicted molar refractivity (Wildman–Crippen MR) is 81.0 cm³/mol. The second kappa shape index (κ2) is 6.32. The van der Waals surface area contributed by atoms with Crippen molar-refractivity contribution in [3.63, 3.8) is 0 Å². The summed E-state index contributed by atoms with van der Waals surface area (Å²) in [6.45, 7) is 1.54. The van der Waals surface area contributed by atoms with E-state index in [0.717, 1.165) is 31.8 Å². The quantitative estimate of drug-likeness (QED) is 0.479. The summed E-state index contributed by atoms with van der Waals surface area (Å²) < 4.78 is 1.08. The van der Waals surface area contributed by atoms with E-state index in [1.165, 1.54) is 6.92 Å². The molecule has 0 bridgehead atoms. The van der Waals surface area contributed by atoms with E-state index in [0.29, 0.717) is 0 Å². The van der Waals surface area contributed by atoms with Crippen LogP contribution in [0, 0.1) is 0 Å². The molecule has 0 saturated carbocycles. The molecule has 0 amide bonds. The summed E-state index contributed by atoms with van der Waals surface area (Å²) in [6.07, 6.45) is 0.111. The molecular formula is C15H15N3O2S. The van der Waals surface area contributed by atoms with E-state index in [2.05, 4.69) is 4.98 Å². The summed E-state index contributed by atoms with van der Waals surface area (Å²) >= 11 is 1.66. The Kier molecular flexibility index (Phi) is 4.49. The van der Waals surface area contributed by atoms with Gasteiger partial charge in [-0.05, 0) is 30.7 Å². The number of nitrogen functional groups attached to an aromatic ring is 1. The minimum absolute atomic E-state index is 0.111. The van der Waals surface area contributed by atoms with Crippen LogP contribution in [0.3, 0.4) is 0 Å². The monoisotopic (exact) mass is 301 g/mol. The fourth-order valence-corrected chi connectivity index (χ4v) is 2.72. The summed E-state index contributed by atoms with van der Waals surface area (Å²) in [5, 5.41) is 15.8. The van der Waals surface area contributed by atoms with E-state index < -0.39 is 5.97 Å². The van der Waals surface area contributed by atoms with Crippen molar-refractivity contribution in [1.82, 2.24) is 4.98 Å². The molecule has 1 aliphatic carbocycles. The Morgan fingerprint density at radius 1 is 1.33 bits per heavy atom. The summed E-state index contributed by atoms with van der Waals surface area (Å²) in [6, 6.07) is 11.5. The Hall–Kier alpha value is -2.47. The van der Waals surface area contributed by atoms with Gasteiger partial charge in [0, 0.05) is 23.8 Å². The van der Waals surface area contributed by atoms with Crippen molar-refractivity contribution in [3.8, 4) is 10.6 Å². The van der Waals surface area contributed by atoms with Gasteiger partial charge in [0.05, 0.1) is 20.8 Å². The molecule has 1 aromatic carbocycles. The van der Waals surface area contributed by atoms with Gasteiger partial charge in [-0.25, -0.2) is 4.98 Å². The zero-order chi connectivity index (χ0) is 15.4. The summed E-state index contributed by atoms with van der Waals surface area (Å²) in [4.78, 5) is 14.9. The van der Waals surface area contributed by atoms with E-state index >= 15 is 0 Å². The van der Waals surface area contributed by atoms with E-state index in [4.69, 9.17) is 11.1 Å². The Morgan fingerprint density at radius 3 is 2.71 bits per heavy atom. The highest BCUT2D eigenvalue weighted by Crippen LogP contribution is 2.30. The van der Waals surface area contributed by atoms with Crippen LogP contribution in [-0.4, -0.2) is 11.0 Å². The largest absolute Gasteiger partial charge is 0.550 e. The van der Waals surface area contributed by atoms with Crippen LogP contribution in [0.5, 0.6) is 0 Å². The molecule has 5 nitrogen and oxygen atoms in total. The van der Waals surface area contributed by atoms with Crippen molar-refractivity contribution in [3.05, 3.63) is 41.8 Å². The highest BCUT2D eigenvalue weighted by molar-refractivity contribution is 7.21. The van der Waals surface area contributed by atoms with Crippen LogP contribution in [-0.2, 0) is 4.79 Å². The molecule has 0 radical (unpaired) electrons. The molecule has 0 saturated heterocycles. The number of nitrogens with two attached hydrogens (primary N) is 2. The van der Waals surface area contributed by atoms with Crippen molar-refractivity contribution in [1.29, 1.82) is 0 Å². The Labute approximate surface area is 125 Å². The number of carboxylic acid groups (broad SMARTS) is 1. The SMILES string of the molecule is CCC(=O)[O-].Nc1ccc2nc3ccc(=[NH2+])cc-3sc2c1. The molecule has 3 rings (SSSR count). The Morgan fingerprint density at radius 2 is 2.05 bits per heavy atom. The smallest absolute Gasteiger partial charge is 0.198 e. The van der Waals surface area contributed by atoms with Gasteiger partial charge in [-0.15, -0.1) is 11.3 Å². The molecule has 108 valence electrons. The molecule has 0 fully saturated rings. The number of fused-ring (bicyclic) bond motifs is 2. The summed E-state index contributed by atoms with van der Waals surface area (Å²) in [5.41, 5.74) is 8.45. The number of nitrogens with zero attached hydrogens (tertiary/aromatic N) is 1. The van der Waals surface area contributed by atoms with Crippen LogP contribution < -0.4 is 21.6 Å². The third-order valence-corrected chi connectivity index (χ3v) is 3.81. The van der Waals surface area contributed by atoms with Gasteiger partial charge in [0.1, 0.15) is 0 Å². The zero-order valence-electron chi connectivity index (χ0n) is 11.5. The molecular weight excluding hydrogens is 286 g/mol. The summed E-state index contributed by atoms with van der Waals surface area (Å²) in [7, 11) is 0. The fourth-order valence-electron chi connectivity index (χ4n) is 1.66. The van der Waals surface area contributed by atoms with E-state index in [-0.39, 0.29) is 6.42 Å². The molecule has 1 aromatic rings. The van der Waals surface area contributed by atoms with Crippen LogP contribution in [0.2, 0.25) is 0 Å². The summed E-state index contributed by atoms with van der Waals surface area (Å²) in [5.74, 6) is -0.995. The number of carbonyl (C=O) groups excluding carboxylic acids is 1. The van der Waals surface area contributed by atoms with Crippen LogP contribution in [0.25, 0.3) is 20.8 Å². The molecule has 0 atom stereocenters. The predicted octanol–water partition coefficient (Wildman–Crippen LogP) is -0.211. The van der Waals surface area contributed by atoms with Crippen LogP contribution in [0.15, 0.2) is 36.4 Å². The van der Waals surface area contributed by atoms with E-state index in [1.807, 2.05) is 36.4 Å². The minimum Gasteiger partial charge on any atom is -0.550 e. The molecule has 0 unspecified atom stereocenters. The first-order valence-electron chi connectivity index (χ1n) is 6.38. The lowest BCUT2D eigenvalue weighted by molar-refractivity contribution is -0.305. The van der Waals surface area contributed by atoms with Crippen molar-refractivity contribution in [2.75, 3.05) is 5.73 Å². The van der Waals surface area contributed by atoms with Crippen molar-refractivity contribution >= 4 is 33.2 Å². The number of anilines is 1. The number of hydrogen-bond acceptors (Lipinski definition) is 5.